The maximum absolute atomic E-state index is 11.3. The largest absolute Gasteiger partial charge is 0.383 e. The molecule has 0 radical (unpaired) electrons. The van der Waals surface area contributed by atoms with E-state index in [1.807, 2.05) is 30.3 Å². The van der Waals surface area contributed by atoms with Gasteiger partial charge in [-0.1, -0.05) is 30.3 Å². The summed E-state index contributed by atoms with van der Waals surface area (Å²) in [5.41, 5.74) is 7.45. The first-order valence-electron chi connectivity index (χ1n) is 6.21. The van der Waals surface area contributed by atoms with Gasteiger partial charge in [-0.3, -0.25) is 9.79 Å². The quantitative estimate of drug-likeness (QED) is 0.647. The Kier molecular flexibility index (Phi) is 4.14. The highest BCUT2D eigenvalue weighted by Gasteiger charge is 2.13. The standard InChI is InChI=1S/C14H17N5O/c1-10(20)18-14(12-13(15)19(2)9-17-12)16-8-11-6-4-3-5-7-11/h3-7,9H,8,15H2,1-2H3,(H,16,18,20). The third kappa shape index (κ3) is 3.23. The minimum atomic E-state index is -0.207. The van der Waals surface area contributed by atoms with Crippen LogP contribution in [0.5, 0.6) is 0 Å². The summed E-state index contributed by atoms with van der Waals surface area (Å²) < 4.78 is 1.68. The topological polar surface area (TPSA) is 85.3 Å². The third-order valence-corrected chi connectivity index (χ3v) is 2.76. The highest BCUT2D eigenvalue weighted by molar-refractivity contribution is 6.08. The lowest BCUT2D eigenvalue weighted by Gasteiger charge is -2.06. The summed E-state index contributed by atoms with van der Waals surface area (Å²) in [7, 11) is 1.79. The zero-order chi connectivity index (χ0) is 14.5. The number of carbonyl (C=O) groups is 1. The molecule has 20 heavy (non-hydrogen) atoms. The highest BCUT2D eigenvalue weighted by atomic mass is 16.1. The summed E-state index contributed by atoms with van der Waals surface area (Å²) in [4.78, 5) is 19.9. The molecular weight excluding hydrogens is 254 g/mol. The number of anilines is 1. The fraction of sp³-hybridized carbons (Fsp3) is 0.214. The first-order valence-corrected chi connectivity index (χ1v) is 6.21. The van der Waals surface area contributed by atoms with Crippen LogP contribution in [0.1, 0.15) is 18.2 Å². The van der Waals surface area contributed by atoms with Crippen LogP contribution in [0.25, 0.3) is 0 Å². The van der Waals surface area contributed by atoms with Gasteiger partial charge in [-0.15, -0.1) is 0 Å². The number of nitrogens with two attached hydrogens (primary N) is 1. The summed E-state index contributed by atoms with van der Waals surface area (Å²) in [6, 6.07) is 9.77. The maximum Gasteiger partial charge on any atom is 0.222 e. The molecule has 0 bridgehead atoms. The zero-order valence-electron chi connectivity index (χ0n) is 11.5. The Morgan fingerprint density at radius 2 is 2.10 bits per heavy atom. The van der Waals surface area contributed by atoms with Gasteiger partial charge in [0.2, 0.25) is 5.91 Å². The fourth-order valence-corrected chi connectivity index (χ4v) is 1.72. The molecule has 0 saturated heterocycles. The lowest BCUT2D eigenvalue weighted by atomic mass is 10.2. The van der Waals surface area contributed by atoms with Crippen molar-refractivity contribution in [3.63, 3.8) is 0 Å². The first kappa shape index (κ1) is 13.8. The average Bonchev–Trinajstić information content (AvgIpc) is 2.76. The van der Waals surface area contributed by atoms with Crippen molar-refractivity contribution in [3.8, 4) is 0 Å². The van der Waals surface area contributed by atoms with Gasteiger partial charge in [0.05, 0.1) is 12.9 Å². The van der Waals surface area contributed by atoms with Crippen molar-refractivity contribution >= 4 is 17.6 Å². The Labute approximate surface area is 117 Å². The zero-order valence-corrected chi connectivity index (χ0v) is 11.5. The summed E-state index contributed by atoms with van der Waals surface area (Å²) in [5.74, 6) is 0.645. The van der Waals surface area contributed by atoms with Crippen molar-refractivity contribution < 1.29 is 4.79 Å². The van der Waals surface area contributed by atoms with Crippen molar-refractivity contribution in [1.29, 1.82) is 0 Å². The maximum atomic E-state index is 11.3. The lowest BCUT2D eigenvalue weighted by molar-refractivity contribution is -0.117. The van der Waals surface area contributed by atoms with E-state index in [0.717, 1.165) is 5.56 Å². The monoisotopic (exact) mass is 271 g/mol. The molecule has 0 fully saturated rings. The van der Waals surface area contributed by atoms with E-state index in [4.69, 9.17) is 5.73 Å². The van der Waals surface area contributed by atoms with E-state index in [-0.39, 0.29) is 5.91 Å². The number of hydrogen-bond donors (Lipinski definition) is 2. The molecule has 2 rings (SSSR count). The minimum absolute atomic E-state index is 0.207. The molecule has 6 nitrogen and oxygen atoms in total. The molecule has 0 atom stereocenters. The molecule has 0 saturated carbocycles. The fourth-order valence-electron chi connectivity index (χ4n) is 1.72. The normalized spacial score (nSPS) is 11.4. The number of amides is 1. The third-order valence-electron chi connectivity index (χ3n) is 2.76. The number of aryl methyl sites for hydroxylation is 1. The van der Waals surface area contributed by atoms with E-state index in [0.29, 0.717) is 23.9 Å². The molecule has 3 N–H and O–H groups in total. The molecule has 0 aliphatic heterocycles. The Balaban J connectivity index is 2.28. The van der Waals surface area contributed by atoms with Gasteiger partial charge in [0.1, 0.15) is 11.5 Å². The first-order chi connectivity index (χ1) is 9.58. The predicted octanol–water partition coefficient (Wildman–Crippen LogP) is 1.09. The summed E-state index contributed by atoms with van der Waals surface area (Å²) in [5, 5.41) is 2.68. The predicted molar refractivity (Wildman–Crippen MR) is 78.1 cm³/mol. The Morgan fingerprint density at radius 1 is 1.40 bits per heavy atom. The molecule has 1 aromatic heterocycles. The Morgan fingerprint density at radius 3 is 2.65 bits per heavy atom. The van der Waals surface area contributed by atoms with Crippen LogP contribution in [-0.4, -0.2) is 21.3 Å². The van der Waals surface area contributed by atoms with E-state index in [1.165, 1.54) is 6.92 Å². The van der Waals surface area contributed by atoms with Gasteiger partial charge in [-0.2, -0.15) is 0 Å². The number of aromatic nitrogens is 2. The number of nitrogens with zero attached hydrogens (tertiary/aromatic N) is 3. The second kappa shape index (κ2) is 6.01. The van der Waals surface area contributed by atoms with Gasteiger partial charge in [0.15, 0.2) is 5.84 Å². The molecule has 1 amide bonds. The van der Waals surface area contributed by atoms with Gasteiger partial charge in [0, 0.05) is 14.0 Å². The molecule has 1 aromatic carbocycles. The van der Waals surface area contributed by atoms with Crippen LogP contribution in [0.4, 0.5) is 5.82 Å². The number of nitrogen functional groups attached to an aromatic ring is 1. The highest BCUT2D eigenvalue weighted by Crippen LogP contribution is 2.10. The molecule has 1 heterocycles. The smallest absolute Gasteiger partial charge is 0.222 e. The van der Waals surface area contributed by atoms with Crippen LogP contribution in [0.15, 0.2) is 41.7 Å². The number of rotatable bonds is 3. The van der Waals surface area contributed by atoms with Crippen LogP contribution in [0.3, 0.4) is 0 Å². The summed E-state index contributed by atoms with van der Waals surface area (Å²) in [6.07, 6.45) is 1.59. The van der Waals surface area contributed by atoms with Crippen molar-refractivity contribution in [3.05, 3.63) is 47.9 Å². The molecular formula is C14H17N5O. The van der Waals surface area contributed by atoms with Gasteiger partial charge < -0.3 is 15.6 Å². The molecule has 2 aromatic rings. The minimum Gasteiger partial charge on any atom is -0.383 e. The molecule has 0 aliphatic carbocycles. The number of hydrogen-bond acceptors (Lipinski definition) is 4. The average molecular weight is 271 g/mol. The van der Waals surface area contributed by atoms with E-state index in [2.05, 4.69) is 15.3 Å². The van der Waals surface area contributed by atoms with E-state index < -0.39 is 0 Å². The van der Waals surface area contributed by atoms with Crippen LogP contribution < -0.4 is 11.1 Å². The van der Waals surface area contributed by atoms with E-state index in [9.17, 15) is 4.79 Å². The van der Waals surface area contributed by atoms with E-state index >= 15 is 0 Å². The van der Waals surface area contributed by atoms with Gasteiger partial charge >= 0.3 is 0 Å². The van der Waals surface area contributed by atoms with E-state index in [1.54, 1.807) is 17.9 Å². The molecule has 0 unspecified atom stereocenters. The number of imidazole rings is 1. The molecule has 104 valence electrons. The number of benzene rings is 1. The summed E-state index contributed by atoms with van der Waals surface area (Å²) >= 11 is 0. The van der Waals surface area contributed by atoms with Crippen LogP contribution in [-0.2, 0) is 18.4 Å². The van der Waals surface area contributed by atoms with Gasteiger partial charge in [-0.25, -0.2) is 4.98 Å². The second-order valence-electron chi connectivity index (χ2n) is 4.42. The van der Waals surface area contributed by atoms with Crippen molar-refractivity contribution in [2.24, 2.45) is 12.0 Å². The van der Waals surface area contributed by atoms with Crippen LogP contribution >= 0.6 is 0 Å². The van der Waals surface area contributed by atoms with Crippen molar-refractivity contribution in [2.45, 2.75) is 13.5 Å². The number of amidine groups is 1. The Hall–Kier alpha value is -2.63. The van der Waals surface area contributed by atoms with Gasteiger partial charge in [-0.05, 0) is 5.56 Å². The molecule has 0 spiro atoms. The molecule has 0 aliphatic rings. The summed E-state index contributed by atoms with van der Waals surface area (Å²) in [6.45, 7) is 1.88. The van der Waals surface area contributed by atoms with Gasteiger partial charge in [0.25, 0.3) is 0 Å². The number of aliphatic imine (C=N–C) groups is 1. The molecule has 6 heteroatoms. The van der Waals surface area contributed by atoms with Crippen molar-refractivity contribution in [2.75, 3.05) is 5.73 Å². The van der Waals surface area contributed by atoms with Crippen LogP contribution in [0, 0.1) is 0 Å². The number of nitrogens with one attached hydrogen (secondary N) is 1. The Bertz CT molecular complexity index is 630. The van der Waals surface area contributed by atoms with Crippen LogP contribution in [0.2, 0.25) is 0 Å². The SMILES string of the molecule is CC(=O)NC(=NCc1ccccc1)c1ncn(C)c1N. The number of carbonyl (C=O) groups excluding carboxylic acids is 1. The second-order valence-corrected chi connectivity index (χ2v) is 4.42. The van der Waals surface area contributed by atoms with Crippen molar-refractivity contribution in [1.82, 2.24) is 14.9 Å². The lowest BCUT2D eigenvalue weighted by Crippen LogP contribution is -2.30.